The molecule has 1 N–H and O–H groups in total. The van der Waals surface area contributed by atoms with E-state index in [1.807, 2.05) is 35.9 Å². The maximum Gasteiger partial charge on any atom is 0.243 e. The van der Waals surface area contributed by atoms with Crippen molar-refractivity contribution in [3.05, 3.63) is 30.6 Å². The number of aryl methyl sites for hydroxylation is 1. The van der Waals surface area contributed by atoms with Crippen LogP contribution in [0.25, 0.3) is 22.3 Å². The van der Waals surface area contributed by atoms with Gasteiger partial charge in [0.05, 0.1) is 31.8 Å². The third-order valence-electron chi connectivity index (χ3n) is 5.72. The summed E-state index contributed by atoms with van der Waals surface area (Å²) < 4.78 is 24.5. The van der Waals surface area contributed by atoms with Crippen molar-refractivity contribution in [3.63, 3.8) is 0 Å². The summed E-state index contributed by atoms with van der Waals surface area (Å²) >= 11 is 0. The number of ether oxygens (including phenoxy) is 4. The fourth-order valence-corrected chi connectivity index (χ4v) is 3.95. The van der Waals surface area contributed by atoms with Crippen molar-refractivity contribution in [2.75, 3.05) is 27.9 Å². The summed E-state index contributed by atoms with van der Waals surface area (Å²) in [5.74, 6) is 2.10. The third-order valence-corrected chi connectivity index (χ3v) is 5.72. The van der Waals surface area contributed by atoms with Crippen LogP contribution in [0.4, 0.5) is 0 Å². The number of hydrogen-bond acceptors (Lipinski definition) is 7. The molecule has 0 radical (unpaired) electrons. The van der Waals surface area contributed by atoms with E-state index >= 15 is 0 Å². The van der Waals surface area contributed by atoms with E-state index in [9.17, 15) is 4.79 Å². The number of methoxy groups -OCH3 is 3. The molecule has 2 aromatic heterocycles. The van der Waals surface area contributed by atoms with E-state index in [0.717, 1.165) is 23.0 Å². The van der Waals surface area contributed by atoms with Crippen LogP contribution in [0.5, 0.6) is 17.4 Å². The van der Waals surface area contributed by atoms with Crippen LogP contribution < -0.4 is 19.5 Å². The summed E-state index contributed by atoms with van der Waals surface area (Å²) in [6.07, 6.45) is 3.26. The summed E-state index contributed by atoms with van der Waals surface area (Å²) in [5, 5.41) is 2.87. The fourth-order valence-electron chi connectivity index (χ4n) is 3.95. The minimum Gasteiger partial charge on any atom is -0.493 e. The highest BCUT2D eigenvalue weighted by atomic mass is 16.7. The molecule has 170 valence electrons. The van der Waals surface area contributed by atoms with Crippen molar-refractivity contribution < 1.29 is 23.7 Å². The Morgan fingerprint density at radius 2 is 2.00 bits per heavy atom. The number of aromatic nitrogens is 3. The molecule has 9 nitrogen and oxygen atoms in total. The lowest BCUT2D eigenvalue weighted by molar-refractivity contribution is -0.119. The van der Waals surface area contributed by atoms with Crippen LogP contribution in [0.15, 0.2) is 30.6 Å². The second kappa shape index (κ2) is 9.44. The van der Waals surface area contributed by atoms with Gasteiger partial charge < -0.3 is 28.8 Å². The largest absolute Gasteiger partial charge is 0.493 e. The van der Waals surface area contributed by atoms with Gasteiger partial charge in [-0.05, 0) is 36.6 Å². The number of pyridine rings is 1. The van der Waals surface area contributed by atoms with Crippen molar-refractivity contribution in [1.82, 2.24) is 19.9 Å². The van der Waals surface area contributed by atoms with Crippen LogP contribution >= 0.6 is 0 Å². The van der Waals surface area contributed by atoms with Gasteiger partial charge in [-0.2, -0.15) is 0 Å². The number of carbonyl (C=O) groups is 1. The van der Waals surface area contributed by atoms with Crippen molar-refractivity contribution in [1.29, 1.82) is 0 Å². The highest BCUT2D eigenvalue weighted by Crippen LogP contribution is 2.34. The fraction of sp³-hybridized carbons (Fsp3) is 0.435. The molecule has 0 aliphatic carbocycles. The summed E-state index contributed by atoms with van der Waals surface area (Å²) in [7, 11) is 6.71. The Hall–Kier alpha value is -3.33. The maximum atomic E-state index is 11.5. The SMILES string of the molecule is COc1ccc(-c2cc3ncn(C)c3c(O[C@H](CC[C@H]3CNC(=O)C3)OC)n2)cc1OC. The van der Waals surface area contributed by atoms with E-state index in [-0.39, 0.29) is 5.91 Å². The molecule has 3 aromatic rings. The standard InChI is InChI=1S/C23H28N4O5/c1-27-13-25-17-11-16(15-6-7-18(29-2)19(10-15)30-3)26-23(22(17)27)32-21(31-4)8-5-14-9-20(28)24-12-14/h6-7,10-11,13-14,21H,5,8-9,12H2,1-4H3,(H,24,28)/t14-,21-/m1/s1. The molecule has 1 amide bonds. The number of benzene rings is 1. The highest BCUT2D eigenvalue weighted by Gasteiger charge is 2.24. The van der Waals surface area contributed by atoms with Gasteiger partial charge in [-0.1, -0.05) is 0 Å². The Morgan fingerprint density at radius 3 is 2.69 bits per heavy atom. The number of hydrogen-bond donors (Lipinski definition) is 1. The van der Waals surface area contributed by atoms with Crippen molar-refractivity contribution in [2.45, 2.75) is 25.6 Å². The highest BCUT2D eigenvalue weighted by molar-refractivity contribution is 5.85. The Morgan fingerprint density at radius 1 is 1.19 bits per heavy atom. The quantitative estimate of drug-likeness (QED) is 0.511. The summed E-state index contributed by atoms with van der Waals surface area (Å²) in [6.45, 7) is 0.703. The van der Waals surface area contributed by atoms with E-state index in [1.54, 1.807) is 27.7 Å². The third kappa shape index (κ3) is 4.47. The van der Waals surface area contributed by atoms with Gasteiger partial charge in [0.15, 0.2) is 11.5 Å². The Bertz CT molecular complexity index is 1110. The second-order valence-electron chi connectivity index (χ2n) is 7.84. The number of nitrogens with zero attached hydrogens (tertiary/aromatic N) is 3. The van der Waals surface area contributed by atoms with Crippen LogP contribution in [0.1, 0.15) is 19.3 Å². The molecule has 0 bridgehead atoms. The van der Waals surface area contributed by atoms with Crippen LogP contribution in [0, 0.1) is 5.92 Å². The molecule has 32 heavy (non-hydrogen) atoms. The smallest absolute Gasteiger partial charge is 0.243 e. The summed E-state index contributed by atoms with van der Waals surface area (Å²) in [6, 6.07) is 7.55. The number of nitrogens with one attached hydrogen (secondary N) is 1. The molecule has 0 unspecified atom stereocenters. The van der Waals surface area contributed by atoms with Crippen LogP contribution in [0.2, 0.25) is 0 Å². The molecule has 1 aliphatic rings. The Labute approximate surface area is 186 Å². The predicted octanol–water partition coefficient (Wildman–Crippen LogP) is 2.92. The molecule has 0 saturated carbocycles. The Kier molecular flexibility index (Phi) is 6.45. The predicted molar refractivity (Wildman–Crippen MR) is 119 cm³/mol. The minimum absolute atomic E-state index is 0.103. The van der Waals surface area contributed by atoms with Gasteiger partial charge in [-0.3, -0.25) is 4.79 Å². The maximum absolute atomic E-state index is 11.5. The van der Waals surface area contributed by atoms with E-state index in [4.69, 9.17) is 23.9 Å². The first-order valence-corrected chi connectivity index (χ1v) is 10.5. The first kappa shape index (κ1) is 21.9. The zero-order chi connectivity index (χ0) is 22.7. The second-order valence-corrected chi connectivity index (χ2v) is 7.84. The van der Waals surface area contributed by atoms with Crippen molar-refractivity contribution >= 4 is 16.9 Å². The van der Waals surface area contributed by atoms with Crippen molar-refractivity contribution in [3.8, 4) is 28.6 Å². The molecule has 4 rings (SSSR count). The lowest BCUT2D eigenvalue weighted by Crippen LogP contribution is -2.21. The average Bonchev–Trinajstić information content (AvgIpc) is 3.41. The van der Waals surface area contributed by atoms with Gasteiger partial charge in [0.25, 0.3) is 0 Å². The van der Waals surface area contributed by atoms with Gasteiger partial charge in [0.2, 0.25) is 18.1 Å². The number of fused-ring (bicyclic) bond motifs is 1. The van der Waals surface area contributed by atoms with Gasteiger partial charge in [-0.25, -0.2) is 9.97 Å². The lowest BCUT2D eigenvalue weighted by Gasteiger charge is -2.19. The van der Waals surface area contributed by atoms with Gasteiger partial charge >= 0.3 is 0 Å². The molecule has 3 heterocycles. The van der Waals surface area contributed by atoms with E-state index in [0.29, 0.717) is 48.4 Å². The first-order chi connectivity index (χ1) is 15.5. The van der Waals surface area contributed by atoms with Crippen molar-refractivity contribution in [2.24, 2.45) is 13.0 Å². The molecule has 2 atom stereocenters. The zero-order valence-electron chi connectivity index (χ0n) is 18.8. The molecule has 1 fully saturated rings. The topological polar surface area (TPSA) is 96.7 Å². The molecular weight excluding hydrogens is 412 g/mol. The van der Waals surface area contributed by atoms with Crippen LogP contribution in [0.3, 0.4) is 0 Å². The van der Waals surface area contributed by atoms with E-state index < -0.39 is 6.29 Å². The average molecular weight is 441 g/mol. The monoisotopic (exact) mass is 440 g/mol. The zero-order valence-corrected chi connectivity index (χ0v) is 18.8. The van der Waals surface area contributed by atoms with Gasteiger partial charge in [-0.15, -0.1) is 0 Å². The number of rotatable bonds is 9. The number of carbonyl (C=O) groups excluding carboxylic acids is 1. The van der Waals surface area contributed by atoms with Gasteiger partial charge in [0.1, 0.15) is 5.52 Å². The molecular formula is C23H28N4O5. The molecule has 0 spiro atoms. The normalized spacial score (nSPS) is 16.8. The first-order valence-electron chi connectivity index (χ1n) is 10.5. The summed E-state index contributed by atoms with van der Waals surface area (Å²) in [5.41, 5.74) is 3.11. The molecule has 1 saturated heterocycles. The lowest BCUT2D eigenvalue weighted by atomic mass is 10.0. The number of imidazole rings is 1. The molecule has 9 heteroatoms. The Balaban J connectivity index is 1.63. The van der Waals surface area contributed by atoms with Gasteiger partial charge in [0, 0.05) is 39.1 Å². The minimum atomic E-state index is -0.489. The van der Waals surface area contributed by atoms with Crippen LogP contribution in [-0.4, -0.2) is 54.6 Å². The summed E-state index contributed by atoms with van der Waals surface area (Å²) in [4.78, 5) is 20.7. The van der Waals surface area contributed by atoms with E-state index in [1.165, 1.54) is 0 Å². The van der Waals surface area contributed by atoms with Crippen LogP contribution in [-0.2, 0) is 16.6 Å². The number of amides is 1. The van der Waals surface area contributed by atoms with E-state index in [2.05, 4.69) is 10.3 Å². The molecule has 1 aliphatic heterocycles. The molecule has 1 aromatic carbocycles.